The molecule has 1 amide bonds. The average molecular weight is 440 g/mol. The Morgan fingerprint density at radius 2 is 1.38 bits per heavy atom. The molecule has 0 saturated heterocycles. The van der Waals surface area contributed by atoms with Crippen molar-refractivity contribution >= 4 is 39.8 Å². The van der Waals surface area contributed by atoms with Crippen LogP contribution < -0.4 is 5.32 Å². The number of benzene rings is 2. The minimum atomic E-state index is -0.564. The van der Waals surface area contributed by atoms with Crippen molar-refractivity contribution in [2.24, 2.45) is 0 Å². The molecule has 170 valence electrons. The molecule has 8 heteroatoms. The molecule has 8 nitrogen and oxygen atoms in total. The third-order valence-electron chi connectivity index (χ3n) is 4.94. The lowest BCUT2D eigenvalue weighted by atomic mass is 10.1. The van der Waals surface area contributed by atoms with E-state index in [0.29, 0.717) is 30.6 Å². The first-order chi connectivity index (χ1) is 15.1. The van der Waals surface area contributed by atoms with Crippen molar-refractivity contribution in [3.05, 3.63) is 47.5 Å². The van der Waals surface area contributed by atoms with Gasteiger partial charge in [0, 0.05) is 34.9 Å². The van der Waals surface area contributed by atoms with Gasteiger partial charge < -0.3 is 24.1 Å². The fourth-order valence-electron chi connectivity index (χ4n) is 3.57. The van der Waals surface area contributed by atoms with Crippen molar-refractivity contribution in [1.82, 2.24) is 9.88 Å². The Morgan fingerprint density at radius 3 is 1.81 bits per heavy atom. The van der Waals surface area contributed by atoms with E-state index in [4.69, 9.17) is 14.2 Å². The van der Waals surface area contributed by atoms with Gasteiger partial charge in [-0.15, -0.1) is 0 Å². The largest absolute Gasteiger partial charge is 0.465 e. The van der Waals surface area contributed by atoms with E-state index >= 15 is 0 Å². The lowest BCUT2D eigenvalue weighted by Crippen LogP contribution is -2.33. The van der Waals surface area contributed by atoms with Crippen LogP contribution in [-0.4, -0.2) is 49.0 Å². The molecule has 3 aromatic rings. The number of esters is 2. The second-order valence-electron chi connectivity index (χ2n) is 8.38. The second kappa shape index (κ2) is 9.30. The Hall–Kier alpha value is -3.55. The Kier molecular flexibility index (Phi) is 6.72. The van der Waals surface area contributed by atoms with Crippen LogP contribution in [-0.2, 0) is 20.8 Å². The van der Waals surface area contributed by atoms with Gasteiger partial charge >= 0.3 is 18.0 Å². The monoisotopic (exact) mass is 440 g/mol. The Bertz CT molecular complexity index is 1100. The minimum absolute atomic E-state index is 0.406. The van der Waals surface area contributed by atoms with Gasteiger partial charge in [0.1, 0.15) is 5.60 Å². The summed E-state index contributed by atoms with van der Waals surface area (Å²) in [5.41, 5.74) is 1.98. The number of rotatable bonds is 6. The zero-order valence-electron chi connectivity index (χ0n) is 19.0. The van der Waals surface area contributed by atoms with Gasteiger partial charge in [-0.3, -0.25) is 0 Å². The van der Waals surface area contributed by atoms with E-state index in [1.165, 1.54) is 14.2 Å². The first-order valence-electron chi connectivity index (χ1n) is 10.3. The van der Waals surface area contributed by atoms with Crippen LogP contribution in [0, 0.1) is 0 Å². The van der Waals surface area contributed by atoms with Crippen LogP contribution in [0.5, 0.6) is 0 Å². The van der Waals surface area contributed by atoms with E-state index < -0.39 is 23.6 Å². The maximum absolute atomic E-state index is 12.1. The molecular formula is C24H28N2O6. The molecule has 0 aliphatic carbocycles. The van der Waals surface area contributed by atoms with Crippen molar-refractivity contribution in [3.8, 4) is 0 Å². The number of nitrogens with one attached hydrogen (secondary N) is 1. The van der Waals surface area contributed by atoms with E-state index in [1.54, 1.807) is 24.3 Å². The Morgan fingerprint density at radius 1 is 0.875 bits per heavy atom. The number of carbonyl (C=O) groups is 3. The summed E-state index contributed by atoms with van der Waals surface area (Å²) in [7, 11) is 2.68. The maximum Gasteiger partial charge on any atom is 0.407 e. The van der Waals surface area contributed by atoms with Crippen molar-refractivity contribution in [3.63, 3.8) is 0 Å². The number of alkyl carbamates (subject to hydrolysis) is 1. The van der Waals surface area contributed by atoms with E-state index in [-0.39, 0.29) is 0 Å². The molecule has 0 aliphatic rings. The molecule has 0 unspecified atom stereocenters. The van der Waals surface area contributed by atoms with Crippen LogP contribution in [0.3, 0.4) is 0 Å². The highest BCUT2D eigenvalue weighted by atomic mass is 16.6. The number of hydrogen-bond donors (Lipinski definition) is 1. The smallest absolute Gasteiger partial charge is 0.407 e. The molecule has 32 heavy (non-hydrogen) atoms. The molecule has 0 saturated carbocycles. The molecule has 2 aromatic carbocycles. The molecule has 0 bridgehead atoms. The predicted molar refractivity (Wildman–Crippen MR) is 121 cm³/mol. The van der Waals surface area contributed by atoms with E-state index in [0.717, 1.165) is 21.8 Å². The number of aromatic nitrogens is 1. The number of hydrogen-bond acceptors (Lipinski definition) is 6. The highest BCUT2D eigenvalue weighted by Crippen LogP contribution is 2.31. The number of amides is 1. The van der Waals surface area contributed by atoms with Crippen molar-refractivity contribution in [2.75, 3.05) is 20.8 Å². The van der Waals surface area contributed by atoms with Gasteiger partial charge in [-0.05, 0) is 51.5 Å². The van der Waals surface area contributed by atoms with Crippen LogP contribution in [0.1, 0.15) is 47.9 Å². The first-order valence-corrected chi connectivity index (χ1v) is 10.3. The summed E-state index contributed by atoms with van der Waals surface area (Å²) in [6.45, 7) is 6.38. The van der Waals surface area contributed by atoms with Crippen molar-refractivity contribution < 1.29 is 28.6 Å². The van der Waals surface area contributed by atoms with Gasteiger partial charge in [-0.1, -0.05) is 12.1 Å². The fraction of sp³-hybridized carbons (Fsp3) is 0.375. The van der Waals surface area contributed by atoms with Crippen LogP contribution in [0.4, 0.5) is 4.79 Å². The average Bonchev–Trinajstić information content (AvgIpc) is 3.06. The van der Waals surface area contributed by atoms with E-state index in [9.17, 15) is 14.4 Å². The zero-order valence-corrected chi connectivity index (χ0v) is 19.0. The summed E-state index contributed by atoms with van der Waals surface area (Å²) in [6.07, 6.45) is 0.143. The molecule has 1 N–H and O–H groups in total. The number of carbonyl (C=O) groups excluding carboxylic acids is 3. The first kappa shape index (κ1) is 23.1. The topological polar surface area (TPSA) is 95.9 Å². The third kappa shape index (κ3) is 5.01. The Balaban J connectivity index is 1.95. The van der Waals surface area contributed by atoms with Gasteiger partial charge in [-0.2, -0.15) is 0 Å². The minimum Gasteiger partial charge on any atom is -0.465 e. The maximum atomic E-state index is 12.1. The summed E-state index contributed by atoms with van der Waals surface area (Å²) in [5.74, 6) is -0.851. The summed E-state index contributed by atoms with van der Waals surface area (Å²) in [5, 5.41) is 4.65. The number of ether oxygens (including phenoxy) is 3. The zero-order chi connectivity index (χ0) is 23.5. The van der Waals surface area contributed by atoms with Crippen LogP contribution >= 0.6 is 0 Å². The number of aryl methyl sites for hydroxylation is 1. The molecule has 0 aliphatic heterocycles. The predicted octanol–water partition coefficient (Wildman–Crippen LogP) is 4.28. The number of fused-ring (bicyclic) bond motifs is 3. The molecule has 0 fully saturated rings. The van der Waals surface area contributed by atoms with Crippen LogP contribution in [0.25, 0.3) is 21.8 Å². The van der Waals surface area contributed by atoms with E-state index in [2.05, 4.69) is 5.32 Å². The lowest BCUT2D eigenvalue weighted by Gasteiger charge is -2.19. The number of methoxy groups -OCH3 is 2. The molecule has 0 atom stereocenters. The summed E-state index contributed by atoms with van der Waals surface area (Å²) < 4.78 is 17.0. The van der Waals surface area contributed by atoms with Crippen LogP contribution in [0.2, 0.25) is 0 Å². The molecular weight excluding hydrogens is 412 g/mol. The Labute approximate surface area is 186 Å². The standard InChI is InChI=1S/C24H28N2O6/c1-24(2,3)32-23(29)25-11-6-12-26-19-13-15(21(27)30-4)7-9-17(19)18-10-8-16(14-20(18)26)22(28)31-5/h7-10,13-14H,6,11-12H2,1-5H3,(H,25,29). The van der Waals surface area contributed by atoms with Gasteiger partial charge in [-0.25, -0.2) is 14.4 Å². The molecule has 0 radical (unpaired) electrons. The highest BCUT2D eigenvalue weighted by molar-refractivity contribution is 6.11. The fourth-order valence-corrected chi connectivity index (χ4v) is 3.57. The van der Waals surface area contributed by atoms with Gasteiger partial charge in [0.05, 0.1) is 25.3 Å². The lowest BCUT2D eigenvalue weighted by molar-refractivity contribution is 0.0524. The van der Waals surface area contributed by atoms with Gasteiger partial charge in [0.2, 0.25) is 0 Å². The van der Waals surface area contributed by atoms with Crippen LogP contribution in [0.15, 0.2) is 36.4 Å². The number of nitrogens with zero attached hydrogens (tertiary/aromatic N) is 1. The van der Waals surface area contributed by atoms with Gasteiger partial charge in [0.15, 0.2) is 0 Å². The van der Waals surface area contributed by atoms with Crippen molar-refractivity contribution in [2.45, 2.75) is 39.3 Å². The van der Waals surface area contributed by atoms with Gasteiger partial charge in [0.25, 0.3) is 0 Å². The molecule has 0 spiro atoms. The molecule has 1 aromatic heterocycles. The molecule has 3 rings (SSSR count). The highest BCUT2D eigenvalue weighted by Gasteiger charge is 2.17. The third-order valence-corrected chi connectivity index (χ3v) is 4.94. The summed E-state index contributed by atoms with van der Waals surface area (Å²) in [6, 6.07) is 10.7. The summed E-state index contributed by atoms with van der Waals surface area (Å²) >= 11 is 0. The normalized spacial score (nSPS) is 11.4. The van der Waals surface area contributed by atoms with E-state index in [1.807, 2.05) is 37.5 Å². The summed E-state index contributed by atoms with van der Waals surface area (Å²) in [4.78, 5) is 36.0. The molecule has 1 heterocycles. The second-order valence-corrected chi connectivity index (χ2v) is 8.38. The SMILES string of the molecule is COC(=O)c1ccc2c3ccc(C(=O)OC)cc3n(CCCNC(=O)OC(C)(C)C)c2c1. The van der Waals surface area contributed by atoms with Crippen molar-refractivity contribution in [1.29, 1.82) is 0 Å². The quantitative estimate of drug-likeness (QED) is 0.349.